The summed E-state index contributed by atoms with van der Waals surface area (Å²) in [5.41, 5.74) is 1.18. The number of aromatic nitrogens is 1. The number of methoxy groups -OCH3 is 1. The Morgan fingerprint density at radius 2 is 2.31 bits per heavy atom. The first-order chi connectivity index (χ1) is 7.69. The molecular formula is C12H20N2OS. The summed E-state index contributed by atoms with van der Waals surface area (Å²) in [6.07, 6.45) is 3.86. The largest absolute Gasteiger partial charge is 0.381 e. The van der Waals surface area contributed by atoms with E-state index in [1.54, 1.807) is 7.11 Å². The highest BCUT2D eigenvalue weighted by atomic mass is 32.1. The van der Waals surface area contributed by atoms with Gasteiger partial charge in [0.1, 0.15) is 0 Å². The van der Waals surface area contributed by atoms with Crippen molar-refractivity contribution >= 4 is 11.3 Å². The number of hydrogen-bond acceptors (Lipinski definition) is 4. The number of ether oxygens (including phenoxy) is 1. The molecule has 90 valence electrons. The van der Waals surface area contributed by atoms with Gasteiger partial charge in [-0.25, -0.2) is 4.98 Å². The number of hydrogen-bond donors (Lipinski definition) is 1. The third-order valence-electron chi connectivity index (χ3n) is 2.93. The van der Waals surface area contributed by atoms with Gasteiger partial charge in [-0.15, -0.1) is 11.3 Å². The molecule has 4 heteroatoms. The first-order valence-electron chi connectivity index (χ1n) is 5.90. The molecule has 1 aliphatic rings. The van der Waals surface area contributed by atoms with Crippen molar-refractivity contribution in [2.24, 2.45) is 0 Å². The predicted molar refractivity (Wildman–Crippen MR) is 66.9 cm³/mol. The number of aryl methyl sites for hydroxylation is 1. The van der Waals surface area contributed by atoms with Crippen molar-refractivity contribution in [3.8, 4) is 0 Å². The molecular weight excluding hydrogens is 220 g/mol. The molecule has 16 heavy (non-hydrogen) atoms. The maximum atomic E-state index is 5.26. The van der Waals surface area contributed by atoms with Crippen LogP contribution >= 0.6 is 11.3 Å². The maximum absolute atomic E-state index is 5.26. The maximum Gasteiger partial charge on any atom is 0.0957 e. The van der Waals surface area contributed by atoms with Crippen LogP contribution in [0.15, 0.2) is 0 Å². The standard InChI is InChI=1S/C12H20N2OS/c1-8(15-3)6-12-14-9(2)11(16-12)7-13-10-4-5-10/h8,10,13H,4-7H2,1-3H3. The Balaban J connectivity index is 1.91. The van der Waals surface area contributed by atoms with Crippen molar-refractivity contribution in [2.75, 3.05) is 7.11 Å². The number of rotatable bonds is 6. The van der Waals surface area contributed by atoms with E-state index in [1.165, 1.54) is 28.4 Å². The SMILES string of the molecule is COC(C)Cc1nc(C)c(CNC2CC2)s1. The lowest BCUT2D eigenvalue weighted by atomic mass is 10.3. The summed E-state index contributed by atoms with van der Waals surface area (Å²) < 4.78 is 5.26. The van der Waals surface area contributed by atoms with E-state index in [1.807, 2.05) is 11.3 Å². The normalized spacial score (nSPS) is 17.7. The van der Waals surface area contributed by atoms with Crippen LogP contribution in [0.1, 0.15) is 35.3 Å². The summed E-state index contributed by atoms with van der Waals surface area (Å²) in [6.45, 7) is 5.16. The van der Waals surface area contributed by atoms with Crippen molar-refractivity contribution in [3.05, 3.63) is 15.6 Å². The Bertz CT molecular complexity index is 347. The predicted octanol–water partition coefficient (Wildman–Crippen LogP) is 2.28. The molecule has 1 aromatic heterocycles. The third kappa shape index (κ3) is 3.27. The molecule has 0 radical (unpaired) electrons. The summed E-state index contributed by atoms with van der Waals surface area (Å²) in [6, 6.07) is 0.767. The van der Waals surface area contributed by atoms with E-state index in [2.05, 4.69) is 24.1 Å². The van der Waals surface area contributed by atoms with E-state index in [0.717, 1.165) is 19.0 Å². The molecule has 0 amide bonds. The van der Waals surface area contributed by atoms with Crippen LogP contribution in [0.5, 0.6) is 0 Å². The van der Waals surface area contributed by atoms with Gasteiger partial charge in [-0.3, -0.25) is 0 Å². The van der Waals surface area contributed by atoms with Gasteiger partial charge in [0.25, 0.3) is 0 Å². The van der Waals surface area contributed by atoms with Crippen LogP contribution in [-0.4, -0.2) is 24.2 Å². The van der Waals surface area contributed by atoms with E-state index in [-0.39, 0.29) is 6.10 Å². The van der Waals surface area contributed by atoms with E-state index in [0.29, 0.717) is 0 Å². The molecule has 0 bridgehead atoms. The van der Waals surface area contributed by atoms with Gasteiger partial charge in [-0.1, -0.05) is 0 Å². The fourth-order valence-corrected chi connectivity index (χ4v) is 2.73. The summed E-state index contributed by atoms with van der Waals surface area (Å²) >= 11 is 1.82. The Hall–Kier alpha value is -0.450. The average molecular weight is 240 g/mol. The van der Waals surface area contributed by atoms with Crippen molar-refractivity contribution < 1.29 is 4.74 Å². The van der Waals surface area contributed by atoms with Crippen molar-refractivity contribution in [1.82, 2.24) is 10.3 Å². The lowest BCUT2D eigenvalue weighted by Gasteiger charge is -2.05. The third-order valence-corrected chi connectivity index (χ3v) is 4.11. The quantitative estimate of drug-likeness (QED) is 0.828. The van der Waals surface area contributed by atoms with E-state index >= 15 is 0 Å². The Labute approximate surface area is 101 Å². The highest BCUT2D eigenvalue weighted by Gasteiger charge is 2.21. The number of nitrogens with zero attached hydrogens (tertiary/aromatic N) is 1. The molecule has 0 aromatic carbocycles. The molecule has 1 heterocycles. The van der Waals surface area contributed by atoms with Crippen LogP contribution in [0.4, 0.5) is 0 Å². The van der Waals surface area contributed by atoms with Gasteiger partial charge in [0.05, 0.1) is 16.8 Å². The van der Waals surface area contributed by atoms with Gasteiger partial charge in [-0.05, 0) is 26.7 Å². The van der Waals surface area contributed by atoms with Crippen LogP contribution in [0, 0.1) is 6.92 Å². The van der Waals surface area contributed by atoms with Crippen LogP contribution in [0.2, 0.25) is 0 Å². The molecule has 1 atom stereocenters. The molecule has 1 saturated carbocycles. The first-order valence-corrected chi connectivity index (χ1v) is 6.72. The van der Waals surface area contributed by atoms with Gasteiger partial charge in [-0.2, -0.15) is 0 Å². The zero-order chi connectivity index (χ0) is 11.5. The van der Waals surface area contributed by atoms with Crippen LogP contribution in [0.3, 0.4) is 0 Å². The molecule has 2 rings (SSSR count). The minimum absolute atomic E-state index is 0.259. The number of nitrogens with one attached hydrogen (secondary N) is 1. The topological polar surface area (TPSA) is 34.1 Å². The van der Waals surface area contributed by atoms with Crippen LogP contribution in [-0.2, 0) is 17.7 Å². The number of thiazole rings is 1. The lowest BCUT2D eigenvalue weighted by molar-refractivity contribution is 0.118. The van der Waals surface area contributed by atoms with Gasteiger partial charge in [0.2, 0.25) is 0 Å². The minimum Gasteiger partial charge on any atom is -0.381 e. The zero-order valence-electron chi connectivity index (χ0n) is 10.2. The van der Waals surface area contributed by atoms with Crippen LogP contribution < -0.4 is 5.32 Å². The average Bonchev–Trinajstić information content (AvgIpc) is 3.01. The highest BCUT2D eigenvalue weighted by Crippen LogP contribution is 2.23. The Kier molecular flexibility index (Phi) is 3.95. The molecule has 0 aliphatic heterocycles. The molecule has 1 unspecified atom stereocenters. The first kappa shape index (κ1) is 12.0. The smallest absolute Gasteiger partial charge is 0.0957 e. The van der Waals surface area contributed by atoms with Crippen molar-refractivity contribution in [1.29, 1.82) is 0 Å². The van der Waals surface area contributed by atoms with E-state index in [4.69, 9.17) is 4.74 Å². The molecule has 1 aromatic rings. The molecule has 1 fully saturated rings. The second kappa shape index (κ2) is 5.25. The van der Waals surface area contributed by atoms with Gasteiger partial charge >= 0.3 is 0 Å². The van der Waals surface area contributed by atoms with E-state index in [9.17, 15) is 0 Å². The van der Waals surface area contributed by atoms with Crippen molar-refractivity contribution in [3.63, 3.8) is 0 Å². The Morgan fingerprint density at radius 3 is 2.94 bits per heavy atom. The fraction of sp³-hybridized carbons (Fsp3) is 0.750. The molecule has 0 spiro atoms. The summed E-state index contributed by atoms with van der Waals surface area (Å²) in [4.78, 5) is 5.98. The van der Waals surface area contributed by atoms with Gasteiger partial charge in [0, 0.05) is 31.0 Å². The molecule has 0 saturated heterocycles. The summed E-state index contributed by atoms with van der Waals surface area (Å²) in [7, 11) is 1.75. The zero-order valence-corrected chi connectivity index (χ0v) is 11.1. The second-order valence-corrected chi connectivity index (χ2v) is 5.69. The van der Waals surface area contributed by atoms with Gasteiger partial charge in [0.15, 0.2) is 0 Å². The minimum atomic E-state index is 0.259. The summed E-state index contributed by atoms with van der Waals surface area (Å²) in [5, 5.41) is 4.73. The highest BCUT2D eigenvalue weighted by molar-refractivity contribution is 7.11. The fourth-order valence-electron chi connectivity index (χ4n) is 1.59. The molecule has 3 nitrogen and oxygen atoms in total. The molecule has 1 aliphatic carbocycles. The second-order valence-electron chi connectivity index (χ2n) is 4.52. The summed E-state index contributed by atoms with van der Waals surface area (Å²) in [5.74, 6) is 0. The monoisotopic (exact) mass is 240 g/mol. The Morgan fingerprint density at radius 1 is 1.56 bits per heavy atom. The van der Waals surface area contributed by atoms with E-state index < -0.39 is 0 Å². The lowest BCUT2D eigenvalue weighted by Crippen LogP contribution is -2.14. The van der Waals surface area contributed by atoms with Crippen LogP contribution in [0.25, 0.3) is 0 Å². The molecule has 1 N–H and O–H groups in total. The van der Waals surface area contributed by atoms with Crippen molar-refractivity contribution in [2.45, 2.75) is 51.8 Å². The van der Waals surface area contributed by atoms with Gasteiger partial charge < -0.3 is 10.1 Å².